The molecule has 1 aliphatic rings. The average Bonchev–Trinajstić information content (AvgIpc) is 3.51. The number of benzene rings is 4. The molecule has 0 atom stereocenters. The van der Waals surface area contributed by atoms with Crippen molar-refractivity contribution in [3.8, 4) is 11.1 Å². The molecule has 0 aromatic heterocycles. The van der Waals surface area contributed by atoms with Gasteiger partial charge in [0.15, 0.2) is 0 Å². The topological polar surface area (TPSA) is 0 Å². The zero-order chi connectivity index (χ0) is 33.6. The van der Waals surface area contributed by atoms with Gasteiger partial charge in [0.05, 0.1) is 0 Å². The number of halogens is 4. The monoisotopic (exact) mass is 794 g/mol. The molecule has 5 aromatic carbocycles. The molecule has 0 radical (unpaired) electrons. The van der Waals surface area contributed by atoms with E-state index in [-0.39, 0.29) is 35.6 Å². The Balaban J connectivity index is 0.000000267. The molecule has 0 nitrogen and oxygen atoms in total. The molecule has 0 bridgehead atoms. The maximum atomic E-state index is 5.84. The Bertz CT molecular complexity index is 1710. The van der Waals surface area contributed by atoms with E-state index in [2.05, 4.69) is 143 Å². The molecule has 0 amide bonds. The van der Waals surface area contributed by atoms with Crippen LogP contribution in [0, 0.1) is 26.8 Å². The molecule has 0 fully saturated rings. The molecule has 1 aliphatic carbocycles. The van der Waals surface area contributed by atoms with Crippen molar-refractivity contribution in [2.75, 3.05) is 0 Å². The Hall–Kier alpha value is -1.99. The van der Waals surface area contributed by atoms with Gasteiger partial charge in [0.1, 0.15) is 0 Å². The van der Waals surface area contributed by atoms with Crippen LogP contribution >= 0.6 is 48.0 Å². The molecule has 0 unspecified atom stereocenters. The molecule has 0 aliphatic heterocycles. The first kappa shape index (κ1) is 42.2. The summed E-state index contributed by atoms with van der Waals surface area (Å²) in [5, 5.41) is 1.57. The maximum absolute atomic E-state index is 5.84. The fourth-order valence-electron chi connectivity index (χ4n) is 5.29. The molecular weight excluding hydrogens is 750 g/mol. The zero-order valence-electron chi connectivity index (χ0n) is 29.6. The predicted molar refractivity (Wildman–Crippen MR) is 215 cm³/mol. The second-order valence-electron chi connectivity index (χ2n) is 14.3. The first-order valence-electron chi connectivity index (χ1n) is 15.9. The summed E-state index contributed by atoms with van der Waals surface area (Å²) in [5.41, 5.74) is 15.5. The summed E-state index contributed by atoms with van der Waals surface area (Å²) in [7, 11) is 0. The van der Waals surface area contributed by atoms with Crippen molar-refractivity contribution in [2.45, 2.75) is 79.6 Å². The van der Waals surface area contributed by atoms with Crippen molar-refractivity contribution in [1.29, 1.82) is 0 Å². The van der Waals surface area contributed by atoms with Gasteiger partial charge in [0.25, 0.3) is 0 Å². The molecule has 6 rings (SSSR count). The van der Waals surface area contributed by atoms with Crippen LogP contribution in [0.3, 0.4) is 0 Å². The standard InChI is InChI=1S/C21H25.C8H11.2C7H5Cl.2ClH.Zr/c1-20(2,3)16-9-7-14-11-15-8-10-17(21(4,5)6)13-19(15)18(14)12-16;1-6-4-7(2)8(3)5-6;2*1-6-2-4-7(8)5-3-6;;;/h7,9-10,12-13H,11H2,1-6H3;4-5H,1-3H3;2*1-5H;2*1H;/q2*-1;;;;;. The van der Waals surface area contributed by atoms with Crippen LogP contribution in [0.5, 0.6) is 0 Å². The predicted octanol–water partition coefficient (Wildman–Crippen LogP) is 12.9. The van der Waals surface area contributed by atoms with E-state index in [0.717, 1.165) is 16.5 Å². The second kappa shape index (κ2) is 18.3. The SMILES string of the molecule is CC(C)(C)c1c[c-]c2c(c1)-c1cc(C(C)(C)C)ccc1C2.Cc1cc(C)c(C)[cH-]1.Cl.Cl.Clc1ccc([CH]=[Zr]=[CH]c2ccc(Cl)cc2)cc1. The average molecular weight is 798 g/mol. The van der Waals surface area contributed by atoms with Gasteiger partial charge < -0.3 is 0 Å². The summed E-state index contributed by atoms with van der Waals surface area (Å²) < 4.78 is 4.66. The van der Waals surface area contributed by atoms with E-state index in [0.29, 0.717) is 0 Å². The molecule has 0 spiro atoms. The number of rotatable bonds is 2. The molecule has 0 heterocycles. The third kappa shape index (κ3) is 12.1. The van der Waals surface area contributed by atoms with Gasteiger partial charge in [0.2, 0.25) is 0 Å². The third-order valence-corrected chi connectivity index (χ3v) is 11.2. The third-order valence-electron chi connectivity index (χ3n) is 8.28. The molecule has 0 saturated carbocycles. The second-order valence-corrected chi connectivity index (χ2v) is 17.4. The van der Waals surface area contributed by atoms with Crippen LogP contribution in [-0.2, 0) is 39.5 Å². The number of fused-ring (bicyclic) bond motifs is 3. The van der Waals surface area contributed by atoms with Crippen molar-refractivity contribution < 1.29 is 22.3 Å². The van der Waals surface area contributed by atoms with E-state index in [9.17, 15) is 0 Å². The molecule has 5 heteroatoms. The van der Waals surface area contributed by atoms with Gasteiger partial charge in [-0.15, -0.1) is 30.4 Å². The Morgan fingerprint density at radius 2 is 1.17 bits per heavy atom. The minimum absolute atomic E-state index is 0. The van der Waals surface area contributed by atoms with E-state index in [1.165, 1.54) is 61.2 Å². The molecule has 0 saturated heterocycles. The first-order valence-corrected chi connectivity index (χ1v) is 19.5. The van der Waals surface area contributed by atoms with E-state index < -0.39 is 22.3 Å². The number of hydrogen-bond acceptors (Lipinski definition) is 0. The summed E-state index contributed by atoms with van der Waals surface area (Å²) in [5.74, 6) is 0. The Kier molecular flexibility index (Phi) is 16.1. The van der Waals surface area contributed by atoms with Crippen LogP contribution in [0.15, 0.2) is 91.0 Å². The number of hydrogen-bond donors (Lipinski definition) is 0. The molecule has 0 N–H and O–H groups in total. The van der Waals surface area contributed by atoms with Crippen LogP contribution < -0.4 is 0 Å². The van der Waals surface area contributed by atoms with Gasteiger partial charge in [-0.25, -0.2) is 6.07 Å². The summed E-state index contributed by atoms with van der Waals surface area (Å²) in [6.07, 6.45) is 1.03. The quantitative estimate of drug-likeness (QED) is 0.153. The fourth-order valence-corrected chi connectivity index (χ4v) is 7.64. The van der Waals surface area contributed by atoms with Crippen molar-refractivity contribution >= 4 is 55.4 Å². The van der Waals surface area contributed by atoms with Crippen molar-refractivity contribution in [2.24, 2.45) is 0 Å². The molecule has 5 aromatic rings. The van der Waals surface area contributed by atoms with E-state index >= 15 is 0 Å². The van der Waals surface area contributed by atoms with Gasteiger partial charge in [0, 0.05) is 0 Å². The van der Waals surface area contributed by atoms with E-state index in [1.54, 1.807) is 0 Å². The van der Waals surface area contributed by atoms with E-state index in [1.807, 2.05) is 24.3 Å². The van der Waals surface area contributed by atoms with E-state index in [4.69, 9.17) is 23.2 Å². The summed E-state index contributed by atoms with van der Waals surface area (Å²) in [6, 6.07) is 35.4. The minimum atomic E-state index is -0.623. The van der Waals surface area contributed by atoms with Crippen LogP contribution in [-0.4, -0.2) is 7.42 Å². The fraction of sp³-hybridized carbons (Fsp3) is 0.279. The zero-order valence-corrected chi connectivity index (χ0v) is 35.2. The summed E-state index contributed by atoms with van der Waals surface area (Å²) >= 11 is 11.0. The van der Waals surface area contributed by atoms with Crippen molar-refractivity contribution in [3.05, 3.63) is 157 Å². The van der Waals surface area contributed by atoms with Gasteiger partial charge >= 0.3 is 123 Å². The number of aryl methyl sites for hydroxylation is 3. The van der Waals surface area contributed by atoms with Crippen LogP contribution in [0.2, 0.25) is 10.0 Å². The van der Waals surface area contributed by atoms with Gasteiger partial charge in [-0.2, -0.15) is 52.1 Å². The Morgan fingerprint density at radius 1 is 0.667 bits per heavy atom. The van der Waals surface area contributed by atoms with Gasteiger partial charge in [-0.05, 0) is 17.4 Å². The van der Waals surface area contributed by atoms with Crippen molar-refractivity contribution in [1.82, 2.24) is 0 Å². The Morgan fingerprint density at radius 3 is 1.58 bits per heavy atom. The van der Waals surface area contributed by atoms with Crippen molar-refractivity contribution in [3.63, 3.8) is 0 Å². The summed E-state index contributed by atoms with van der Waals surface area (Å²) in [4.78, 5) is 0. The summed E-state index contributed by atoms with van der Waals surface area (Å²) in [6.45, 7) is 20.1. The normalized spacial score (nSPS) is 11.1. The van der Waals surface area contributed by atoms with Gasteiger partial charge in [-0.3, -0.25) is 0 Å². The van der Waals surface area contributed by atoms with Crippen LogP contribution in [0.25, 0.3) is 11.1 Å². The first-order chi connectivity index (χ1) is 21.6. The Labute approximate surface area is 323 Å². The van der Waals surface area contributed by atoms with Gasteiger partial charge in [-0.1, -0.05) is 97.1 Å². The molecule has 254 valence electrons. The molecule has 48 heavy (non-hydrogen) atoms. The molecular formula is C43H48Cl4Zr-2. The van der Waals surface area contributed by atoms with Crippen LogP contribution in [0.4, 0.5) is 0 Å². The van der Waals surface area contributed by atoms with Crippen LogP contribution in [0.1, 0.15) is 91.6 Å².